The van der Waals surface area contributed by atoms with Crippen LogP contribution in [-0.4, -0.2) is 11.6 Å². The lowest BCUT2D eigenvalue weighted by Crippen LogP contribution is -2.03. The fourth-order valence-corrected chi connectivity index (χ4v) is 6.31. The lowest BCUT2D eigenvalue weighted by Gasteiger charge is -2.02. The fraction of sp³-hybridized carbons (Fsp3) is 0. The van der Waals surface area contributed by atoms with Crippen molar-refractivity contribution in [1.82, 2.24) is 0 Å². The first kappa shape index (κ1) is 16.2. The molecule has 2 nitrogen and oxygen atoms in total. The van der Waals surface area contributed by atoms with Crippen LogP contribution in [0.1, 0.15) is 20.7 Å². The molecule has 6 rings (SSSR count). The van der Waals surface area contributed by atoms with Crippen LogP contribution >= 0.6 is 23.5 Å². The molecule has 0 saturated heterocycles. The average molecular weight is 396 g/mol. The summed E-state index contributed by atoms with van der Waals surface area (Å²) in [7, 11) is 0. The molecule has 0 radical (unpaired) electrons. The molecule has 0 N–H and O–H groups in total. The van der Waals surface area contributed by atoms with Gasteiger partial charge in [-0.25, -0.2) is 0 Å². The molecule has 4 heteroatoms. The van der Waals surface area contributed by atoms with E-state index >= 15 is 0 Å². The second kappa shape index (κ2) is 5.84. The fourth-order valence-electron chi connectivity index (χ4n) is 3.98. The number of allylic oxidation sites excluding steroid dienone is 2. The molecule has 4 aromatic carbocycles. The molecular weight excluding hydrogens is 384 g/mol. The van der Waals surface area contributed by atoms with Crippen LogP contribution in [0.15, 0.2) is 92.4 Å². The molecule has 2 heterocycles. The molecule has 28 heavy (non-hydrogen) atoms. The van der Waals surface area contributed by atoms with Gasteiger partial charge >= 0.3 is 0 Å². The van der Waals surface area contributed by atoms with Gasteiger partial charge in [-0.05, 0) is 33.7 Å². The number of hydrogen-bond acceptors (Lipinski definition) is 4. The van der Waals surface area contributed by atoms with Gasteiger partial charge in [-0.1, -0.05) is 84.2 Å². The van der Waals surface area contributed by atoms with Crippen molar-refractivity contribution in [2.24, 2.45) is 0 Å². The molecule has 0 spiro atoms. The first-order chi connectivity index (χ1) is 13.7. The molecule has 0 atom stereocenters. The Balaban J connectivity index is 1.54. The number of carbonyl (C=O) groups excluding carboxylic acids is 2. The van der Waals surface area contributed by atoms with Crippen molar-refractivity contribution in [2.75, 3.05) is 0 Å². The van der Waals surface area contributed by atoms with Gasteiger partial charge in [0.05, 0.1) is 9.81 Å². The summed E-state index contributed by atoms with van der Waals surface area (Å²) in [6.45, 7) is 0. The van der Waals surface area contributed by atoms with Crippen molar-refractivity contribution in [3.63, 3.8) is 0 Å². The van der Waals surface area contributed by atoms with Gasteiger partial charge in [-0.3, -0.25) is 9.59 Å². The Morgan fingerprint density at radius 3 is 1.39 bits per heavy atom. The van der Waals surface area contributed by atoms with Gasteiger partial charge in [0.1, 0.15) is 0 Å². The number of rotatable bonds is 0. The van der Waals surface area contributed by atoms with Gasteiger partial charge in [-0.15, -0.1) is 0 Å². The largest absolute Gasteiger partial charge is 0.288 e. The quantitative estimate of drug-likeness (QED) is 0.319. The average Bonchev–Trinajstić information content (AvgIpc) is 3.25. The lowest BCUT2D eigenvalue weighted by molar-refractivity contribution is 0.101. The minimum absolute atomic E-state index is 0.0373. The maximum Gasteiger partial charge on any atom is 0.202 e. The molecule has 132 valence electrons. The van der Waals surface area contributed by atoms with Crippen molar-refractivity contribution in [3.8, 4) is 0 Å². The Morgan fingerprint density at radius 1 is 0.500 bits per heavy atom. The van der Waals surface area contributed by atoms with Crippen molar-refractivity contribution in [1.29, 1.82) is 0 Å². The zero-order chi connectivity index (χ0) is 18.8. The Kier molecular flexibility index (Phi) is 3.37. The molecule has 0 fully saturated rings. The molecule has 2 aliphatic heterocycles. The summed E-state index contributed by atoms with van der Waals surface area (Å²) in [5.41, 5.74) is 1.44. The van der Waals surface area contributed by atoms with Crippen LogP contribution in [0.2, 0.25) is 0 Å². The molecule has 0 unspecified atom stereocenters. The van der Waals surface area contributed by atoms with Gasteiger partial charge in [0.15, 0.2) is 0 Å². The van der Waals surface area contributed by atoms with E-state index in [1.54, 1.807) is 0 Å². The zero-order valence-electron chi connectivity index (χ0n) is 14.6. The zero-order valence-corrected chi connectivity index (χ0v) is 16.2. The van der Waals surface area contributed by atoms with E-state index in [2.05, 4.69) is 0 Å². The van der Waals surface area contributed by atoms with E-state index in [1.165, 1.54) is 23.5 Å². The number of carbonyl (C=O) groups is 2. The molecule has 0 aliphatic carbocycles. The summed E-state index contributed by atoms with van der Waals surface area (Å²) in [5.74, 6) is -0.0745. The predicted octanol–water partition coefficient (Wildman–Crippen LogP) is 6.48. The second-order valence-electron chi connectivity index (χ2n) is 6.84. The highest BCUT2D eigenvalue weighted by Gasteiger charge is 2.37. The number of ketones is 2. The maximum absolute atomic E-state index is 13.3. The van der Waals surface area contributed by atoms with Gasteiger partial charge in [0.25, 0.3) is 0 Å². The summed E-state index contributed by atoms with van der Waals surface area (Å²) in [6.07, 6.45) is 0. The molecule has 0 amide bonds. The van der Waals surface area contributed by atoms with Gasteiger partial charge in [0.2, 0.25) is 11.6 Å². The Labute approximate surface area is 169 Å². The van der Waals surface area contributed by atoms with E-state index in [9.17, 15) is 9.59 Å². The van der Waals surface area contributed by atoms with Crippen molar-refractivity contribution < 1.29 is 9.59 Å². The molecule has 0 bridgehead atoms. The summed E-state index contributed by atoms with van der Waals surface area (Å²) in [4.78, 5) is 29.6. The Morgan fingerprint density at radius 2 is 0.929 bits per heavy atom. The Bertz CT molecular complexity index is 1290. The molecule has 0 aromatic heterocycles. The number of hydrogen-bond donors (Lipinski definition) is 0. The van der Waals surface area contributed by atoms with Gasteiger partial charge in [-0.2, -0.15) is 0 Å². The minimum atomic E-state index is -0.0373. The van der Waals surface area contributed by atoms with Crippen molar-refractivity contribution in [3.05, 3.63) is 93.7 Å². The van der Waals surface area contributed by atoms with Crippen LogP contribution in [0.4, 0.5) is 0 Å². The monoisotopic (exact) mass is 396 g/mol. The third-order valence-electron chi connectivity index (χ3n) is 5.28. The number of benzene rings is 4. The van der Waals surface area contributed by atoms with E-state index in [4.69, 9.17) is 0 Å². The highest BCUT2D eigenvalue weighted by molar-refractivity contribution is 8.08. The lowest BCUT2D eigenvalue weighted by atomic mass is 9.99. The molecule has 4 aromatic rings. The molecule has 2 aliphatic rings. The summed E-state index contributed by atoms with van der Waals surface area (Å²) in [6, 6.07) is 23.9. The molecular formula is C24H12O2S2. The summed E-state index contributed by atoms with van der Waals surface area (Å²) in [5, 5.41) is 3.99. The molecule has 0 saturated carbocycles. The van der Waals surface area contributed by atoms with E-state index in [1.807, 2.05) is 72.8 Å². The highest BCUT2D eigenvalue weighted by atomic mass is 32.2. The third kappa shape index (κ3) is 2.13. The Hall–Kier alpha value is -2.82. The van der Waals surface area contributed by atoms with Crippen molar-refractivity contribution in [2.45, 2.75) is 9.79 Å². The van der Waals surface area contributed by atoms with Crippen LogP contribution in [0.25, 0.3) is 21.5 Å². The first-order valence-electron chi connectivity index (χ1n) is 8.95. The summed E-state index contributed by atoms with van der Waals surface area (Å²) < 4.78 is 0. The second-order valence-corrected chi connectivity index (χ2v) is 8.94. The van der Waals surface area contributed by atoms with Crippen LogP contribution in [-0.2, 0) is 0 Å². The smallest absolute Gasteiger partial charge is 0.202 e. The van der Waals surface area contributed by atoms with Gasteiger partial charge < -0.3 is 0 Å². The maximum atomic E-state index is 13.3. The highest BCUT2D eigenvalue weighted by Crippen LogP contribution is 2.51. The van der Waals surface area contributed by atoms with E-state index < -0.39 is 0 Å². The SMILES string of the molecule is O=C1/C(=C2/Sc3ccc4ccccc4c3C2=O)Sc2ccc3ccccc3c21. The minimum Gasteiger partial charge on any atom is -0.288 e. The van der Waals surface area contributed by atoms with Crippen LogP contribution in [0.5, 0.6) is 0 Å². The standard InChI is InChI=1S/C24H12O2S2/c25-21-19-15-7-3-1-5-13(15)9-11-17(19)27-23(21)24-22(26)20-16-8-4-2-6-14(16)10-12-18(20)28-24/h1-12H/b24-23-. The third-order valence-corrected chi connectivity index (χ3v) is 7.72. The van der Waals surface area contributed by atoms with Crippen LogP contribution in [0, 0.1) is 0 Å². The number of thioether (sulfide) groups is 2. The number of Topliss-reactive ketones (excluding diaryl/α,β-unsaturated/α-hetero) is 2. The van der Waals surface area contributed by atoms with E-state index in [0.717, 1.165) is 42.5 Å². The topological polar surface area (TPSA) is 34.1 Å². The van der Waals surface area contributed by atoms with Gasteiger partial charge in [0, 0.05) is 20.9 Å². The predicted molar refractivity (Wildman–Crippen MR) is 115 cm³/mol. The van der Waals surface area contributed by atoms with E-state index in [0.29, 0.717) is 9.81 Å². The first-order valence-corrected chi connectivity index (χ1v) is 10.6. The number of fused-ring (bicyclic) bond motifs is 6. The van der Waals surface area contributed by atoms with Crippen LogP contribution in [0.3, 0.4) is 0 Å². The van der Waals surface area contributed by atoms with E-state index in [-0.39, 0.29) is 11.6 Å². The normalized spacial score (nSPS) is 18.1. The summed E-state index contributed by atoms with van der Waals surface area (Å²) >= 11 is 2.85. The van der Waals surface area contributed by atoms with Crippen LogP contribution < -0.4 is 0 Å². The van der Waals surface area contributed by atoms with Crippen molar-refractivity contribution >= 4 is 56.6 Å².